The van der Waals surface area contributed by atoms with Crippen molar-refractivity contribution in [3.8, 4) is 0 Å². The molecular weight excluding hydrogens is 348 g/mol. The summed E-state index contributed by atoms with van der Waals surface area (Å²) in [7, 11) is 0. The van der Waals surface area contributed by atoms with Gasteiger partial charge in [-0.3, -0.25) is 14.2 Å². The number of oxazole rings is 1. The number of amides is 1. The third kappa shape index (κ3) is 4.44. The minimum atomic E-state index is -0.700. The lowest BCUT2D eigenvalue weighted by molar-refractivity contribution is -0.147. The molecule has 1 heterocycles. The first-order valence-electron chi connectivity index (χ1n) is 8.58. The van der Waals surface area contributed by atoms with E-state index in [4.69, 9.17) is 9.15 Å². The predicted molar refractivity (Wildman–Crippen MR) is 101 cm³/mol. The van der Waals surface area contributed by atoms with E-state index in [9.17, 15) is 14.4 Å². The second kappa shape index (κ2) is 7.90. The van der Waals surface area contributed by atoms with Gasteiger partial charge < -0.3 is 14.5 Å². The van der Waals surface area contributed by atoms with Crippen LogP contribution >= 0.6 is 0 Å². The number of rotatable bonds is 6. The number of benzene rings is 2. The molecule has 3 rings (SSSR count). The van der Waals surface area contributed by atoms with Crippen molar-refractivity contribution in [2.24, 2.45) is 0 Å². The van der Waals surface area contributed by atoms with Gasteiger partial charge in [-0.05, 0) is 35.7 Å². The molecule has 7 nitrogen and oxygen atoms in total. The number of nitrogens with zero attached hydrogens (tertiary/aromatic N) is 1. The Bertz CT molecular complexity index is 1010. The van der Waals surface area contributed by atoms with E-state index < -0.39 is 24.2 Å². The van der Waals surface area contributed by atoms with E-state index in [1.807, 2.05) is 12.1 Å². The number of esters is 1. The Balaban J connectivity index is 1.54. The van der Waals surface area contributed by atoms with Gasteiger partial charge in [0.1, 0.15) is 6.54 Å². The summed E-state index contributed by atoms with van der Waals surface area (Å²) in [6, 6.07) is 14.2. The molecule has 1 N–H and O–H groups in total. The van der Waals surface area contributed by atoms with Gasteiger partial charge in [-0.15, -0.1) is 0 Å². The number of nitrogens with one attached hydrogen (secondary N) is 1. The van der Waals surface area contributed by atoms with E-state index in [1.54, 1.807) is 36.4 Å². The molecule has 0 spiro atoms. The summed E-state index contributed by atoms with van der Waals surface area (Å²) in [5.41, 5.74) is 2.67. The number of fused-ring (bicyclic) bond motifs is 1. The van der Waals surface area contributed by atoms with E-state index in [-0.39, 0.29) is 6.54 Å². The molecular formula is C20H20N2O5. The first-order chi connectivity index (χ1) is 12.9. The fourth-order valence-corrected chi connectivity index (χ4v) is 2.63. The van der Waals surface area contributed by atoms with Gasteiger partial charge in [0.05, 0.1) is 5.52 Å². The number of hydrogen-bond acceptors (Lipinski definition) is 5. The van der Waals surface area contributed by atoms with Crippen molar-refractivity contribution < 1.29 is 18.7 Å². The molecule has 0 saturated carbocycles. The fourth-order valence-electron chi connectivity index (χ4n) is 2.63. The maximum Gasteiger partial charge on any atom is 0.420 e. The Hall–Kier alpha value is -3.35. The molecule has 0 saturated heterocycles. The number of carbonyl (C=O) groups is 2. The summed E-state index contributed by atoms with van der Waals surface area (Å²) in [6.45, 7) is 3.41. The molecule has 0 fully saturated rings. The molecule has 140 valence electrons. The van der Waals surface area contributed by atoms with Gasteiger partial charge in [-0.25, -0.2) is 4.79 Å². The zero-order valence-corrected chi connectivity index (χ0v) is 15.1. The zero-order chi connectivity index (χ0) is 19.4. The molecule has 1 amide bonds. The molecule has 3 aromatic rings. The Morgan fingerprint density at radius 1 is 1.11 bits per heavy atom. The van der Waals surface area contributed by atoms with E-state index in [2.05, 4.69) is 19.2 Å². The van der Waals surface area contributed by atoms with E-state index in [0.717, 1.165) is 5.56 Å². The summed E-state index contributed by atoms with van der Waals surface area (Å²) in [5, 5.41) is 2.66. The molecule has 0 unspecified atom stereocenters. The summed E-state index contributed by atoms with van der Waals surface area (Å²) in [6.07, 6.45) is 0. The largest absolute Gasteiger partial charge is 0.454 e. The number of anilines is 1. The van der Waals surface area contributed by atoms with Gasteiger partial charge >= 0.3 is 11.7 Å². The molecule has 7 heteroatoms. The van der Waals surface area contributed by atoms with Crippen molar-refractivity contribution in [2.45, 2.75) is 26.3 Å². The van der Waals surface area contributed by atoms with Crippen LogP contribution in [0.25, 0.3) is 11.1 Å². The monoisotopic (exact) mass is 368 g/mol. The lowest BCUT2D eigenvalue weighted by Gasteiger charge is -2.09. The van der Waals surface area contributed by atoms with Crippen LogP contribution in [-0.2, 0) is 20.9 Å². The molecule has 1 aromatic heterocycles. The number of para-hydroxylation sites is 2. The second-order valence-electron chi connectivity index (χ2n) is 6.41. The smallest absolute Gasteiger partial charge is 0.420 e. The van der Waals surface area contributed by atoms with Gasteiger partial charge in [0.25, 0.3) is 5.91 Å². The lowest BCUT2D eigenvalue weighted by atomic mass is 10.0. The van der Waals surface area contributed by atoms with Crippen molar-refractivity contribution in [1.82, 2.24) is 4.57 Å². The van der Waals surface area contributed by atoms with E-state index in [1.165, 1.54) is 4.57 Å². The number of ether oxygens (including phenoxy) is 1. The Labute approximate surface area is 155 Å². The van der Waals surface area contributed by atoms with E-state index >= 15 is 0 Å². The van der Waals surface area contributed by atoms with Crippen LogP contribution in [-0.4, -0.2) is 23.1 Å². The molecule has 0 aliphatic carbocycles. The summed E-state index contributed by atoms with van der Waals surface area (Å²) >= 11 is 0. The zero-order valence-electron chi connectivity index (χ0n) is 15.1. The first kappa shape index (κ1) is 18.4. The molecule has 0 radical (unpaired) electrons. The molecule has 0 bridgehead atoms. The fraction of sp³-hybridized carbons (Fsp3) is 0.250. The maximum absolute atomic E-state index is 12.0. The molecule has 0 aliphatic heterocycles. The average Bonchev–Trinajstić information content (AvgIpc) is 2.96. The van der Waals surface area contributed by atoms with Gasteiger partial charge in [0, 0.05) is 5.69 Å². The highest BCUT2D eigenvalue weighted by Gasteiger charge is 2.14. The van der Waals surface area contributed by atoms with Crippen molar-refractivity contribution >= 4 is 28.7 Å². The number of aromatic nitrogens is 1. The van der Waals surface area contributed by atoms with Crippen molar-refractivity contribution in [3.05, 3.63) is 64.6 Å². The van der Waals surface area contributed by atoms with Crippen LogP contribution in [0.1, 0.15) is 25.3 Å². The summed E-state index contributed by atoms with van der Waals surface area (Å²) in [5.74, 6) is -1.40. The van der Waals surface area contributed by atoms with Crippen LogP contribution in [0.2, 0.25) is 0 Å². The highest BCUT2D eigenvalue weighted by Crippen LogP contribution is 2.17. The first-order valence-corrected chi connectivity index (χ1v) is 8.58. The van der Waals surface area contributed by atoms with Crippen molar-refractivity contribution in [2.75, 3.05) is 11.9 Å². The minimum Gasteiger partial charge on any atom is -0.454 e. The summed E-state index contributed by atoms with van der Waals surface area (Å²) < 4.78 is 11.2. The van der Waals surface area contributed by atoms with Gasteiger partial charge in [0.15, 0.2) is 12.2 Å². The highest BCUT2D eigenvalue weighted by atomic mass is 16.5. The van der Waals surface area contributed by atoms with Crippen LogP contribution in [0.15, 0.2) is 57.7 Å². The van der Waals surface area contributed by atoms with Gasteiger partial charge in [0.2, 0.25) is 0 Å². The minimum absolute atomic E-state index is 0.327. The van der Waals surface area contributed by atoms with Crippen molar-refractivity contribution in [3.63, 3.8) is 0 Å². The quantitative estimate of drug-likeness (QED) is 0.676. The Morgan fingerprint density at radius 2 is 1.81 bits per heavy atom. The van der Waals surface area contributed by atoms with Crippen LogP contribution in [0.4, 0.5) is 5.69 Å². The van der Waals surface area contributed by atoms with Crippen molar-refractivity contribution in [1.29, 1.82) is 0 Å². The van der Waals surface area contributed by atoms with Gasteiger partial charge in [-0.1, -0.05) is 38.1 Å². The van der Waals surface area contributed by atoms with Gasteiger partial charge in [-0.2, -0.15) is 0 Å². The predicted octanol–water partition coefficient (Wildman–Crippen LogP) is 2.90. The highest BCUT2D eigenvalue weighted by molar-refractivity contribution is 5.92. The Morgan fingerprint density at radius 3 is 2.52 bits per heavy atom. The lowest BCUT2D eigenvalue weighted by Crippen LogP contribution is -2.25. The third-order valence-electron chi connectivity index (χ3n) is 4.09. The average molecular weight is 368 g/mol. The molecule has 2 aromatic carbocycles. The number of carbonyl (C=O) groups excluding carboxylic acids is 2. The van der Waals surface area contributed by atoms with Crippen LogP contribution < -0.4 is 11.1 Å². The summed E-state index contributed by atoms with van der Waals surface area (Å²) in [4.78, 5) is 35.8. The maximum atomic E-state index is 12.0. The normalized spacial score (nSPS) is 10.9. The number of hydrogen-bond donors (Lipinski definition) is 1. The topological polar surface area (TPSA) is 90.5 Å². The Kier molecular flexibility index (Phi) is 5.40. The molecule has 0 atom stereocenters. The van der Waals surface area contributed by atoms with E-state index in [0.29, 0.717) is 22.7 Å². The van der Waals surface area contributed by atoms with Crippen LogP contribution in [0.3, 0.4) is 0 Å². The standard InChI is InChI=1S/C20H20N2O5/c1-13(2)14-7-9-15(10-8-14)21-18(23)12-26-19(24)11-22-16-5-3-4-6-17(16)27-20(22)25/h3-10,13H,11-12H2,1-2H3,(H,21,23). The van der Waals surface area contributed by atoms with Crippen LogP contribution in [0.5, 0.6) is 0 Å². The SMILES string of the molecule is CC(C)c1ccc(NC(=O)COC(=O)Cn2c(=O)oc3ccccc32)cc1. The van der Waals surface area contributed by atoms with Crippen LogP contribution in [0, 0.1) is 0 Å². The second-order valence-corrected chi connectivity index (χ2v) is 6.41. The molecule has 27 heavy (non-hydrogen) atoms. The third-order valence-corrected chi connectivity index (χ3v) is 4.09. The molecule has 0 aliphatic rings.